The molecule has 1 aliphatic rings. The molecule has 0 atom stereocenters. The minimum absolute atomic E-state index is 0.557. The van der Waals surface area contributed by atoms with Gasteiger partial charge in [-0.05, 0) is 26.7 Å². The smallest absolute Gasteiger partial charge is 0.134 e. The molecule has 88 valence electrons. The molecule has 0 saturated heterocycles. The molecule has 3 N–H and O–H groups in total. The number of hydrogen-bond acceptors (Lipinski definition) is 4. The predicted molar refractivity (Wildman–Crippen MR) is 66.4 cm³/mol. The Balaban J connectivity index is 2.13. The molecule has 1 heterocycles. The van der Waals surface area contributed by atoms with Crippen LogP contribution in [-0.4, -0.2) is 16.0 Å². The minimum Gasteiger partial charge on any atom is -0.383 e. The van der Waals surface area contributed by atoms with Crippen LogP contribution in [0, 0.1) is 13.8 Å². The van der Waals surface area contributed by atoms with E-state index in [0.29, 0.717) is 11.9 Å². The topological polar surface area (TPSA) is 63.8 Å². The normalized spacial score (nSPS) is 17.4. The van der Waals surface area contributed by atoms with Gasteiger partial charge >= 0.3 is 0 Å². The van der Waals surface area contributed by atoms with Crippen molar-refractivity contribution < 1.29 is 0 Å². The second-order valence-electron chi connectivity index (χ2n) is 4.61. The lowest BCUT2D eigenvalue weighted by atomic mass is 9.95. The molecule has 0 spiro atoms. The first-order valence-electron chi connectivity index (χ1n) is 6.04. The zero-order chi connectivity index (χ0) is 11.5. The van der Waals surface area contributed by atoms with Crippen molar-refractivity contribution in [2.45, 2.75) is 52.0 Å². The molecule has 1 aromatic rings. The van der Waals surface area contributed by atoms with Crippen LogP contribution in [0.3, 0.4) is 0 Å². The van der Waals surface area contributed by atoms with E-state index in [4.69, 9.17) is 5.73 Å². The van der Waals surface area contributed by atoms with Crippen LogP contribution in [0.1, 0.15) is 43.5 Å². The van der Waals surface area contributed by atoms with Gasteiger partial charge in [0.25, 0.3) is 0 Å². The summed E-state index contributed by atoms with van der Waals surface area (Å²) in [5.74, 6) is 2.24. The molecule has 1 aliphatic carbocycles. The molecule has 0 amide bonds. The van der Waals surface area contributed by atoms with Gasteiger partial charge in [0.15, 0.2) is 0 Å². The molecule has 0 aliphatic heterocycles. The SMILES string of the molecule is Cc1nc(N)c(C)c(NC2CCCCC2)n1. The van der Waals surface area contributed by atoms with Gasteiger partial charge in [0, 0.05) is 11.6 Å². The van der Waals surface area contributed by atoms with Crippen LogP contribution >= 0.6 is 0 Å². The van der Waals surface area contributed by atoms with E-state index in [-0.39, 0.29) is 0 Å². The maximum atomic E-state index is 5.84. The maximum absolute atomic E-state index is 5.84. The molecule has 4 heteroatoms. The minimum atomic E-state index is 0.557. The third-order valence-electron chi connectivity index (χ3n) is 3.24. The quantitative estimate of drug-likeness (QED) is 0.803. The van der Waals surface area contributed by atoms with Crippen LogP contribution < -0.4 is 11.1 Å². The summed E-state index contributed by atoms with van der Waals surface area (Å²) in [6.45, 7) is 3.85. The molecule has 0 unspecified atom stereocenters. The fraction of sp³-hybridized carbons (Fsp3) is 0.667. The van der Waals surface area contributed by atoms with Crippen LogP contribution in [0.2, 0.25) is 0 Å². The van der Waals surface area contributed by atoms with Crippen molar-refractivity contribution in [3.05, 3.63) is 11.4 Å². The number of anilines is 2. The third-order valence-corrected chi connectivity index (χ3v) is 3.24. The van der Waals surface area contributed by atoms with Crippen molar-refractivity contribution in [3.8, 4) is 0 Å². The molecule has 0 radical (unpaired) electrons. The van der Waals surface area contributed by atoms with E-state index in [1.54, 1.807) is 0 Å². The number of nitrogens with one attached hydrogen (secondary N) is 1. The van der Waals surface area contributed by atoms with Gasteiger partial charge in [0.1, 0.15) is 17.5 Å². The Kier molecular flexibility index (Phi) is 3.27. The van der Waals surface area contributed by atoms with Crippen LogP contribution in [0.4, 0.5) is 11.6 Å². The average molecular weight is 220 g/mol. The van der Waals surface area contributed by atoms with Gasteiger partial charge in [-0.2, -0.15) is 0 Å². The molecular formula is C12H20N4. The fourth-order valence-electron chi connectivity index (χ4n) is 2.23. The van der Waals surface area contributed by atoms with Crippen molar-refractivity contribution in [1.29, 1.82) is 0 Å². The number of nitrogens with two attached hydrogens (primary N) is 1. The van der Waals surface area contributed by atoms with Crippen LogP contribution in [0.25, 0.3) is 0 Å². The summed E-state index contributed by atoms with van der Waals surface area (Å²) in [7, 11) is 0. The van der Waals surface area contributed by atoms with Crippen molar-refractivity contribution >= 4 is 11.6 Å². The average Bonchev–Trinajstić information content (AvgIpc) is 2.27. The second-order valence-corrected chi connectivity index (χ2v) is 4.61. The Morgan fingerprint density at radius 2 is 1.81 bits per heavy atom. The monoisotopic (exact) mass is 220 g/mol. The summed E-state index contributed by atoms with van der Waals surface area (Å²) in [6.07, 6.45) is 6.47. The van der Waals surface area contributed by atoms with Gasteiger partial charge in [0.2, 0.25) is 0 Å². The predicted octanol–water partition coefficient (Wildman–Crippen LogP) is 2.42. The summed E-state index contributed by atoms with van der Waals surface area (Å²) >= 11 is 0. The van der Waals surface area contributed by atoms with E-state index in [9.17, 15) is 0 Å². The van der Waals surface area contributed by atoms with Gasteiger partial charge in [-0.15, -0.1) is 0 Å². The molecule has 0 bridgehead atoms. The van der Waals surface area contributed by atoms with E-state index >= 15 is 0 Å². The molecule has 16 heavy (non-hydrogen) atoms. The van der Waals surface area contributed by atoms with Gasteiger partial charge in [0.05, 0.1) is 0 Å². The van der Waals surface area contributed by atoms with Gasteiger partial charge in [-0.1, -0.05) is 19.3 Å². The number of rotatable bonds is 2. The van der Waals surface area contributed by atoms with Crippen LogP contribution in [-0.2, 0) is 0 Å². The van der Waals surface area contributed by atoms with Gasteiger partial charge in [-0.25, -0.2) is 9.97 Å². The lowest BCUT2D eigenvalue weighted by Gasteiger charge is -2.24. The standard InChI is InChI=1S/C12H20N4/c1-8-11(13)14-9(2)15-12(8)16-10-6-4-3-5-7-10/h10H,3-7H2,1-2H3,(H3,13,14,15,16). The highest BCUT2D eigenvalue weighted by Crippen LogP contribution is 2.23. The number of nitrogens with zero attached hydrogens (tertiary/aromatic N) is 2. The lowest BCUT2D eigenvalue weighted by Crippen LogP contribution is -2.24. The maximum Gasteiger partial charge on any atom is 0.134 e. The van der Waals surface area contributed by atoms with Crippen LogP contribution in [0.5, 0.6) is 0 Å². The molecule has 1 aromatic heterocycles. The summed E-state index contributed by atoms with van der Waals surface area (Å²) < 4.78 is 0. The molecule has 1 fully saturated rings. The van der Waals surface area contributed by atoms with E-state index in [2.05, 4.69) is 15.3 Å². The van der Waals surface area contributed by atoms with Crippen molar-refractivity contribution in [3.63, 3.8) is 0 Å². The highest BCUT2D eigenvalue weighted by molar-refractivity contribution is 5.55. The molecule has 1 saturated carbocycles. The zero-order valence-electron chi connectivity index (χ0n) is 10.1. The first kappa shape index (κ1) is 11.2. The highest BCUT2D eigenvalue weighted by Gasteiger charge is 2.15. The van der Waals surface area contributed by atoms with Crippen molar-refractivity contribution in [2.24, 2.45) is 0 Å². The van der Waals surface area contributed by atoms with E-state index in [1.807, 2.05) is 13.8 Å². The third kappa shape index (κ3) is 2.43. The van der Waals surface area contributed by atoms with E-state index < -0.39 is 0 Å². The summed E-state index contributed by atoms with van der Waals surface area (Å²) in [5, 5.41) is 3.50. The molecule has 0 aromatic carbocycles. The van der Waals surface area contributed by atoms with Crippen molar-refractivity contribution in [2.75, 3.05) is 11.1 Å². The largest absolute Gasteiger partial charge is 0.383 e. The summed E-state index contributed by atoms with van der Waals surface area (Å²) in [6, 6.07) is 0.557. The number of hydrogen-bond donors (Lipinski definition) is 2. The Morgan fingerprint density at radius 1 is 1.12 bits per heavy atom. The Labute approximate surface area is 96.7 Å². The number of aromatic nitrogens is 2. The Hall–Kier alpha value is -1.32. The molecule has 2 rings (SSSR count). The lowest BCUT2D eigenvalue weighted by molar-refractivity contribution is 0.461. The van der Waals surface area contributed by atoms with Gasteiger partial charge < -0.3 is 11.1 Å². The Morgan fingerprint density at radius 3 is 2.50 bits per heavy atom. The summed E-state index contributed by atoms with van der Waals surface area (Å²) in [4.78, 5) is 8.58. The first-order valence-corrected chi connectivity index (χ1v) is 6.04. The van der Waals surface area contributed by atoms with E-state index in [1.165, 1.54) is 32.1 Å². The van der Waals surface area contributed by atoms with Crippen LogP contribution in [0.15, 0.2) is 0 Å². The highest BCUT2D eigenvalue weighted by atomic mass is 15.1. The molecular weight excluding hydrogens is 200 g/mol. The zero-order valence-corrected chi connectivity index (χ0v) is 10.1. The summed E-state index contributed by atoms with van der Waals surface area (Å²) in [5.41, 5.74) is 6.80. The number of aryl methyl sites for hydroxylation is 1. The first-order chi connectivity index (χ1) is 7.66. The van der Waals surface area contributed by atoms with Crippen molar-refractivity contribution in [1.82, 2.24) is 9.97 Å². The number of nitrogen functional groups attached to an aromatic ring is 1. The van der Waals surface area contributed by atoms with Gasteiger partial charge in [-0.3, -0.25) is 0 Å². The second kappa shape index (κ2) is 4.68. The fourth-order valence-corrected chi connectivity index (χ4v) is 2.23. The van der Waals surface area contributed by atoms with E-state index in [0.717, 1.165) is 17.2 Å². The molecule has 4 nitrogen and oxygen atoms in total. The Bertz CT molecular complexity index is 370.